The van der Waals surface area contributed by atoms with Gasteiger partial charge in [0.1, 0.15) is 0 Å². The largest absolute Gasteiger partial charge is 0.0998 e. The van der Waals surface area contributed by atoms with E-state index in [-0.39, 0.29) is 0 Å². The molecule has 1 spiro atoms. The van der Waals surface area contributed by atoms with Gasteiger partial charge in [-0.05, 0) is 104 Å². The van der Waals surface area contributed by atoms with E-state index in [1.54, 1.807) is 11.1 Å². The van der Waals surface area contributed by atoms with Crippen molar-refractivity contribution in [2.24, 2.45) is 39.9 Å². The maximum atomic E-state index is 4.39. The molecule has 0 N–H and O–H groups in total. The molecule has 0 bridgehead atoms. The van der Waals surface area contributed by atoms with E-state index in [1.165, 1.54) is 69.8 Å². The van der Waals surface area contributed by atoms with Crippen molar-refractivity contribution in [1.82, 2.24) is 0 Å². The van der Waals surface area contributed by atoms with E-state index >= 15 is 0 Å². The highest BCUT2D eigenvalue weighted by atomic mass is 14.7. The molecule has 5 aliphatic carbocycles. The van der Waals surface area contributed by atoms with Gasteiger partial charge in [0.25, 0.3) is 0 Å². The van der Waals surface area contributed by atoms with Crippen LogP contribution in [0.4, 0.5) is 0 Å². The predicted octanol–water partition coefficient (Wildman–Crippen LogP) is 8.50. The number of fused-ring (bicyclic) bond motifs is 6. The Balaban J connectivity index is 0.000000932. The summed E-state index contributed by atoms with van der Waals surface area (Å²) in [4.78, 5) is 0. The highest BCUT2D eigenvalue weighted by molar-refractivity contribution is 5.34. The van der Waals surface area contributed by atoms with E-state index in [0.29, 0.717) is 16.2 Å². The normalized spacial score (nSPS) is 49.7. The van der Waals surface area contributed by atoms with Crippen LogP contribution in [0, 0.1) is 39.9 Å². The van der Waals surface area contributed by atoms with Gasteiger partial charge < -0.3 is 0 Å². The molecule has 0 nitrogen and oxygen atoms in total. The summed E-state index contributed by atoms with van der Waals surface area (Å²) in [6.07, 6.45) is 16.4. The van der Waals surface area contributed by atoms with E-state index in [1.807, 2.05) is 13.8 Å². The second-order valence-electron chi connectivity index (χ2n) is 11.4. The van der Waals surface area contributed by atoms with Gasteiger partial charge in [-0.2, -0.15) is 0 Å². The van der Waals surface area contributed by atoms with Crippen LogP contribution in [-0.2, 0) is 0 Å². The smallest absolute Gasteiger partial charge is 0.00788 e. The summed E-state index contributed by atoms with van der Waals surface area (Å²) in [5, 5.41) is 0. The third-order valence-corrected chi connectivity index (χ3v) is 10.5. The highest BCUT2D eigenvalue weighted by Crippen LogP contribution is 2.74. The fourth-order valence-corrected chi connectivity index (χ4v) is 9.00. The SMILES string of the molecule is C=C1C=C2C[C@@H](C)C3C(CCC4(C)C3CC[C@@]43CCC(=C)C3)C2(C)CC1.CC. The lowest BCUT2D eigenvalue weighted by atomic mass is 9.43. The number of rotatable bonds is 0. The van der Waals surface area contributed by atoms with Gasteiger partial charge in [0.15, 0.2) is 0 Å². The molecule has 156 valence electrons. The summed E-state index contributed by atoms with van der Waals surface area (Å²) >= 11 is 0. The van der Waals surface area contributed by atoms with Crippen LogP contribution in [0.15, 0.2) is 36.0 Å². The van der Waals surface area contributed by atoms with E-state index < -0.39 is 0 Å². The van der Waals surface area contributed by atoms with Crippen LogP contribution in [0.3, 0.4) is 0 Å². The molecule has 0 amide bonds. The zero-order chi connectivity index (χ0) is 20.3. The van der Waals surface area contributed by atoms with Crippen molar-refractivity contribution in [3.8, 4) is 0 Å². The first-order valence-electron chi connectivity index (χ1n) is 12.3. The van der Waals surface area contributed by atoms with Gasteiger partial charge in [-0.25, -0.2) is 0 Å². The molecule has 7 atom stereocenters. The Bertz CT molecular complexity index is 695. The lowest BCUT2D eigenvalue weighted by Crippen LogP contribution is -2.54. The monoisotopic (exact) mass is 380 g/mol. The van der Waals surface area contributed by atoms with Crippen LogP contribution in [-0.4, -0.2) is 0 Å². The van der Waals surface area contributed by atoms with Crippen LogP contribution >= 0.6 is 0 Å². The molecule has 5 unspecified atom stereocenters. The fourth-order valence-electron chi connectivity index (χ4n) is 9.00. The van der Waals surface area contributed by atoms with Crippen molar-refractivity contribution < 1.29 is 0 Å². The average molecular weight is 381 g/mol. The summed E-state index contributed by atoms with van der Waals surface area (Å²) in [6.45, 7) is 20.6. The van der Waals surface area contributed by atoms with Crippen molar-refractivity contribution in [2.75, 3.05) is 0 Å². The minimum atomic E-state index is 0.467. The molecule has 0 radical (unpaired) electrons. The van der Waals surface area contributed by atoms with Gasteiger partial charge >= 0.3 is 0 Å². The van der Waals surface area contributed by atoms with Crippen molar-refractivity contribution in [3.05, 3.63) is 36.0 Å². The molecular formula is C28H44. The van der Waals surface area contributed by atoms with Crippen LogP contribution in [0.1, 0.15) is 98.8 Å². The molecule has 0 heterocycles. The van der Waals surface area contributed by atoms with Gasteiger partial charge in [-0.1, -0.05) is 70.6 Å². The average Bonchev–Trinajstić information content (AvgIpc) is 3.19. The molecule has 5 aliphatic rings. The van der Waals surface area contributed by atoms with Crippen LogP contribution in [0.25, 0.3) is 0 Å². The molecule has 0 aromatic rings. The van der Waals surface area contributed by atoms with Gasteiger partial charge in [-0.15, -0.1) is 0 Å². The Labute approximate surface area is 175 Å². The van der Waals surface area contributed by atoms with Crippen molar-refractivity contribution in [2.45, 2.75) is 98.8 Å². The topological polar surface area (TPSA) is 0 Å². The number of hydrogen-bond acceptors (Lipinski definition) is 0. The van der Waals surface area contributed by atoms with Gasteiger partial charge in [0, 0.05) is 0 Å². The quantitative estimate of drug-likeness (QED) is 0.369. The number of allylic oxidation sites excluding steroid dienone is 4. The Morgan fingerprint density at radius 1 is 0.929 bits per heavy atom. The predicted molar refractivity (Wildman–Crippen MR) is 122 cm³/mol. The molecule has 0 heteroatoms. The second-order valence-corrected chi connectivity index (χ2v) is 11.4. The second kappa shape index (κ2) is 6.88. The lowest BCUT2D eigenvalue weighted by molar-refractivity contribution is -0.0956. The minimum Gasteiger partial charge on any atom is -0.0998 e. The zero-order valence-corrected chi connectivity index (χ0v) is 19.4. The molecule has 4 fully saturated rings. The van der Waals surface area contributed by atoms with E-state index in [0.717, 1.165) is 23.7 Å². The first kappa shape index (κ1) is 20.5. The number of hydrogen-bond donors (Lipinski definition) is 0. The van der Waals surface area contributed by atoms with E-state index in [9.17, 15) is 0 Å². The maximum absolute atomic E-state index is 4.39. The highest BCUT2D eigenvalue weighted by Gasteiger charge is 2.65. The summed E-state index contributed by atoms with van der Waals surface area (Å²) in [7, 11) is 0. The molecule has 28 heavy (non-hydrogen) atoms. The summed E-state index contributed by atoms with van der Waals surface area (Å²) in [5.74, 6) is 3.69. The lowest BCUT2D eigenvalue weighted by Gasteiger charge is -2.61. The van der Waals surface area contributed by atoms with E-state index in [4.69, 9.17) is 0 Å². The first-order valence-corrected chi connectivity index (χ1v) is 12.3. The zero-order valence-electron chi connectivity index (χ0n) is 19.4. The first-order chi connectivity index (χ1) is 13.3. The Hall–Kier alpha value is -0.780. The van der Waals surface area contributed by atoms with Gasteiger partial charge in [0.2, 0.25) is 0 Å². The Morgan fingerprint density at radius 3 is 2.32 bits per heavy atom. The van der Waals surface area contributed by atoms with Crippen LogP contribution in [0.5, 0.6) is 0 Å². The van der Waals surface area contributed by atoms with Crippen LogP contribution in [0.2, 0.25) is 0 Å². The van der Waals surface area contributed by atoms with Crippen molar-refractivity contribution >= 4 is 0 Å². The fraction of sp³-hybridized carbons (Fsp3) is 0.786. The molecular weight excluding hydrogens is 336 g/mol. The molecule has 0 saturated heterocycles. The van der Waals surface area contributed by atoms with Gasteiger partial charge in [-0.3, -0.25) is 0 Å². The van der Waals surface area contributed by atoms with Gasteiger partial charge in [0.05, 0.1) is 0 Å². The van der Waals surface area contributed by atoms with Crippen molar-refractivity contribution in [1.29, 1.82) is 0 Å². The third kappa shape index (κ3) is 2.61. The molecule has 0 aromatic heterocycles. The standard InChI is InChI=1S/C26H38.C2H6/c1-17-6-10-24(4)20(14-17)15-19(3)23-21(24)8-11-25(5)22(23)9-13-26(25)12-7-18(2)16-26;1-2/h14,19,21-23H,1-2,6-13,15-16H2,3-5H3;1-2H3/t19-,21?,22?,23?,24?,25?,26-;/m1./s1. The third-order valence-electron chi connectivity index (χ3n) is 10.5. The molecule has 5 rings (SSSR count). The van der Waals surface area contributed by atoms with E-state index in [2.05, 4.69) is 40.0 Å². The summed E-state index contributed by atoms with van der Waals surface area (Å²) in [5.41, 5.74) is 6.35. The molecule has 0 aromatic carbocycles. The summed E-state index contributed by atoms with van der Waals surface area (Å²) in [6, 6.07) is 0. The van der Waals surface area contributed by atoms with Crippen molar-refractivity contribution in [3.63, 3.8) is 0 Å². The molecule has 0 aliphatic heterocycles. The minimum absolute atomic E-state index is 0.467. The van der Waals surface area contributed by atoms with Crippen LogP contribution < -0.4 is 0 Å². The summed E-state index contributed by atoms with van der Waals surface area (Å²) < 4.78 is 0. The Morgan fingerprint density at radius 2 is 1.64 bits per heavy atom. The maximum Gasteiger partial charge on any atom is -0.00788 e. The molecule has 4 saturated carbocycles. The Kier molecular flexibility index (Phi) is 5.04.